The number of aromatic carboxylic acids is 1. The summed E-state index contributed by atoms with van der Waals surface area (Å²) in [6.07, 6.45) is 8.43. The molecule has 0 aliphatic carbocycles. The number of aromatic nitrogens is 4. The molecule has 0 aliphatic rings. The molecule has 3 aromatic heterocycles. The second-order valence-electron chi connectivity index (χ2n) is 5.92. The monoisotopic (exact) mass is 345 g/mol. The van der Waals surface area contributed by atoms with Crippen LogP contribution in [0.5, 0.6) is 0 Å². The summed E-state index contributed by atoms with van der Waals surface area (Å²) in [7, 11) is 0. The van der Waals surface area contributed by atoms with E-state index < -0.39 is 5.97 Å². The van der Waals surface area contributed by atoms with Gasteiger partial charge in [-0.25, -0.2) is 9.78 Å². The Hall–Kier alpha value is -3.61. The van der Waals surface area contributed by atoms with E-state index in [1.165, 1.54) is 0 Å². The molecule has 7 nitrogen and oxygen atoms in total. The molecule has 4 rings (SSSR count). The number of nitrogens with one attached hydrogen (secondary N) is 1. The maximum atomic E-state index is 11.3. The second kappa shape index (κ2) is 6.36. The van der Waals surface area contributed by atoms with E-state index in [9.17, 15) is 9.90 Å². The van der Waals surface area contributed by atoms with Crippen molar-refractivity contribution < 1.29 is 9.90 Å². The van der Waals surface area contributed by atoms with Gasteiger partial charge in [-0.3, -0.25) is 15.0 Å². The smallest absolute Gasteiger partial charge is 0.335 e. The first kappa shape index (κ1) is 15.9. The first-order chi connectivity index (χ1) is 12.6. The lowest BCUT2D eigenvalue weighted by atomic mass is 10.1. The van der Waals surface area contributed by atoms with Crippen molar-refractivity contribution in [3.8, 4) is 0 Å². The highest BCUT2D eigenvalue weighted by Gasteiger charge is 2.14. The van der Waals surface area contributed by atoms with Crippen LogP contribution in [0.2, 0.25) is 0 Å². The maximum absolute atomic E-state index is 11.3. The summed E-state index contributed by atoms with van der Waals surface area (Å²) in [6.45, 7) is 1.97. The summed E-state index contributed by atoms with van der Waals surface area (Å²) >= 11 is 0. The van der Waals surface area contributed by atoms with Gasteiger partial charge < -0.3 is 10.4 Å². The van der Waals surface area contributed by atoms with E-state index in [1.807, 2.05) is 13.0 Å². The molecule has 0 bridgehead atoms. The zero-order valence-electron chi connectivity index (χ0n) is 13.9. The maximum Gasteiger partial charge on any atom is 0.335 e. The van der Waals surface area contributed by atoms with Crippen molar-refractivity contribution in [1.29, 1.82) is 0 Å². The molecule has 0 saturated heterocycles. The van der Waals surface area contributed by atoms with Crippen LogP contribution in [0.25, 0.3) is 21.7 Å². The number of hydrogen-bond acceptors (Lipinski definition) is 6. The van der Waals surface area contributed by atoms with Crippen molar-refractivity contribution in [1.82, 2.24) is 19.9 Å². The third-order valence-electron chi connectivity index (χ3n) is 4.22. The van der Waals surface area contributed by atoms with Crippen molar-refractivity contribution in [2.24, 2.45) is 0 Å². The number of carboxylic acid groups (broad SMARTS) is 1. The molecule has 4 aromatic rings. The number of carbonyl (C=O) groups is 1. The van der Waals surface area contributed by atoms with Crippen LogP contribution >= 0.6 is 0 Å². The molecule has 3 heterocycles. The van der Waals surface area contributed by atoms with Gasteiger partial charge in [-0.15, -0.1) is 0 Å². The summed E-state index contributed by atoms with van der Waals surface area (Å²) in [6, 6.07) is 6.69. The van der Waals surface area contributed by atoms with E-state index in [-0.39, 0.29) is 11.6 Å². The predicted octanol–water partition coefficient (Wildman–Crippen LogP) is 3.44. The number of pyridine rings is 2. The van der Waals surface area contributed by atoms with E-state index in [1.54, 1.807) is 49.2 Å². The van der Waals surface area contributed by atoms with Gasteiger partial charge in [0.15, 0.2) is 0 Å². The van der Waals surface area contributed by atoms with E-state index in [4.69, 9.17) is 0 Å². The molecule has 0 spiro atoms. The Morgan fingerprint density at radius 1 is 1.04 bits per heavy atom. The molecule has 0 radical (unpaired) electrons. The zero-order valence-corrected chi connectivity index (χ0v) is 13.9. The summed E-state index contributed by atoms with van der Waals surface area (Å²) in [5, 5.41) is 15.3. The highest BCUT2D eigenvalue weighted by atomic mass is 16.4. The van der Waals surface area contributed by atoms with E-state index >= 15 is 0 Å². The largest absolute Gasteiger partial charge is 0.478 e. The fraction of sp³-hybridized carbons (Fsp3) is 0.105. The summed E-state index contributed by atoms with van der Waals surface area (Å²) in [5.74, 6) is -0.335. The van der Waals surface area contributed by atoms with Crippen molar-refractivity contribution in [2.45, 2.75) is 13.0 Å². The summed E-state index contributed by atoms with van der Waals surface area (Å²) in [5.41, 5.74) is 1.58. The predicted molar refractivity (Wildman–Crippen MR) is 98.1 cm³/mol. The van der Waals surface area contributed by atoms with Gasteiger partial charge in [0.2, 0.25) is 0 Å². The number of nitrogens with zero attached hydrogens (tertiary/aromatic N) is 4. The molecular weight excluding hydrogens is 330 g/mol. The molecule has 0 saturated carbocycles. The SMILES string of the molecule is C[C@@H](Nc1nc2cc(C(=O)O)ccc2c2cnccc12)c1cnccn1. The highest BCUT2D eigenvalue weighted by molar-refractivity contribution is 6.10. The zero-order chi connectivity index (χ0) is 18.1. The third kappa shape index (κ3) is 2.79. The fourth-order valence-corrected chi connectivity index (χ4v) is 2.90. The molecule has 0 fully saturated rings. The second-order valence-corrected chi connectivity index (χ2v) is 5.92. The molecule has 2 N–H and O–H groups in total. The Morgan fingerprint density at radius 2 is 1.88 bits per heavy atom. The molecule has 1 aromatic carbocycles. The van der Waals surface area contributed by atoms with Gasteiger partial charge in [0.05, 0.1) is 29.0 Å². The van der Waals surface area contributed by atoms with Crippen LogP contribution in [-0.2, 0) is 0 Å². The van der Waals surface area contributed by atoms with Gasteiger partial charge in [0, 0.05) is 40.9 Å². The van der Waals surface area contributed by atoms with Gasteiger partial charge in [-0.1, -0.05) is 6.07 Å². The lowest BCUT2D eigenvalue weighted by Gasteiger charge is -2.16. The normalized spacial score (nSPS) is 12.2. The number of anilines is 1. The van der Waals surface area contributed by atoms with Crippen LogP contribution in [0.4, 0.5) is 5.82 Å². The Kier molecular flexibility index (Phi) is 3.89. The standard InChI is InChI=1S/C19H15N5O2/c1-11(17-10-21-6-7-22-17)23-18-14-4-5-20-9-15(14)13-3-2-12(19(25)26)8-16(13)24-18/h2-11H,1H3,(H,23,24)(H,25,26)/t11-/m1/s1. The number of benzene rings is 1. The van der Waals surface area contributed by atoms with Crippen molar-refractivity contribution in [2.75, 3.05) is 5.32 Å². The van der Waals surface area contributed by atoms with Gasteiger partial charge in [-0.2, -0.15) is 0 Å². The van der Waals surface area contributed by atoms with Crippen LogP contribution < -0.4 is 5.32 Å². The minimum Gasteiger partial charge on any atom is -0.478 e. The first-order valence-electron chi connectivity index (χ1n) is 8.06. The Labute approximate surface area is 148 Å². The highest BCUT2D eigenvalue weighted by Crippen LogP contribution is 2.30. The third-order valence-corrected chi connectivity index (χ3v) is 4.22. The minimum atomic E-state index is -0.984. The van der Waals surface area contributed by atoms with Crippen LogP contribution in [0.3, 0.4) is 0 Å². The molecule has 26 heavy (non-hydrogen) atoms. The Bertz CT molecular complexity index is 1110. The lowest BCUT2D eigenvalue weighted by molar-refractivity contribution is 0.0697. The van der Waals surface area contributed by atoms with Crippen LogP contribution in [-0.4, -0.2) is 31.0 Å². The Morgan fingerprint density at radius 3 is 2.65 bits per heavy atom. The fourth-order valence-electron chi connectivity index (χ4n) is 2.90. The van der Waals surface area contributed by atoms with Gasteiger partial charge in [0.1, 0.15) is 5.82 Å². The average molecular weight is 345 g/mol. The number of hydrogen-bond donors (Lipinski definition) is 2. The molecule has 128 valence electrons. The average Bonchev–Trinajstić information content (AvgIpc) is 2.68. The van der Waals surface area contributed by atoms with E-state index in [0.29, 0.717) is 11.3 Å². The van der Waals surface area contributed by atoms with Crippen molar-refractivity contribution >= 4 is 33.5 Å². The van der Waals surface area contributed by atoms with Crippen LogP contribution in [0, 0.1) is 0 Å². The number of carboxylic acids is 1. The topological polar surface area (TPSA) is 101 Å². The van der Waals surface area contributed by atoms with Gasteiger partial charge >= 0.3 is 5.97 Å². The summed E-state index contributed by atoms with van der Waals surface area (Å²) < 4.78 is 0. The lowest BCUT2D eigenvalue weighted by Crippen LogP contribution is -2.10. The van der Waals surface area contributed by atoms with Crippen molar-refractivity contribution in [3.05, 3.63) is 66.5 Å². The molecule has 0 amide bonds. The van der Waals surface area contributed by atoms with Crippen LogP contribution in [0.15, 0.2) is 55.2 Å². The molecular formula is C19H15N5O2. The first-order valence-corrected chi connectivity index (χ1v) is 8.06. The van der Waals surface area contributed by atoms with E-state index in [0.717, 1.165) is 21.9 Å². The number of rotatable bonds is 4. The van der Waals surface area contributed by atoms with Gasteiger partial charge in [-0.05, 0) is 25.1 Å². The molecule has 0 aliphatic heterocycles. The molecule has 7 heteroatoms. The van der Waals surface area contributed by atoms with E-state index in [2.05, 4.69) is 25.3 Å². The number of fused-ring (bicyclic) bond motifs is 3. The molecule has 0 unspecified atom stereocenters. The minimum absolute atomic E-state index is 0.118. The summed E-state index contributed by atoms with van der Waals surface area (Å²) in [4.78, 5) is 28.6. The van der Waals surface area contributed by atoms with Gasteiger partial charge in [0.25, 0.3) is 0 Å². The Balaban J connectivity index is 1.87. The quantitative estimate of drug-likeness (QED) is 0.546. The van der Waals surface area contributed by atoms with Crippen molar-refractivity contribution in [3.63, 3.8) is 0 Å². The van der Waals surface area contributed by atoms with Crippen LogP contribution in [0.1, 0.15) is 29.0 Å². The molecule has 1 atom stereocenters.